The molecule has 0 spiro atoms. The van der Waals surface area contributed by atoms with Gasteiger partial charge >= 0.3 is 18.8 Å². The van der Waals surface area contributed by atoms with E-state index in [1.165, 1.54) is 18.2 Å². The number of anilines is 2. The number of carboxylic acid groups (broad SMARTS) is 1. The molecule has 0 bridgehead atoms. The van der Waals surface area contributed by atoms with Crippen LogP contribution >= 0.6 is 0 Å². The highest BCUT2D eigenvalue weighted by Gasteiger charge is 2.36. The monoisotopic (exact) mass is 678 g/mol. The van der Waals surface area contributed by atoms with Crippen LogP contribution in [0.15, 0.2) is 53.6 Å². The SMILES string of the molecule is CN(c1cc(-c2cc(F)cc(OC(F)F)c2)ccc1N1CCN(CC(=O)O)CC1)S(=O)(=O)c1cc(C(F)(F)F)cnc1OCCO. The summed E-state index contributed by atoms with van der Waals surface area (Å²) in [6.07, 6.45) is -4.58. The largest absolute Gasteiger partial charge is 0.480 e. The smallest absolute Gasteiger partial charge is 0.417 e. The van der Waals surface area contributed by atoms with E-state index >= 15 is 0 Å². The van der Waals surface area contributed by atoms with Crippen LogP contribution in [0.5, 0.6) is 11.6 Å². The minimum absolute atomic E-state index is 0.0215. The number of sulfonamides is 1. The van der Waals surface area contributed by atoms with Gasteiger partial charge in [-0.25, -0.2) is 17.8 Å². The topological polar surface area (TPSA) is 133 Å². The second-order valence-electron chi connectivity index (χ2n) is 9.98. The van der Waals surface area contributed by atoms with Gasteiger partial charge < -0.3 is 24.6 Å². The first-order valence-corrected chi connectivity index (χ1v) is 14.9. The molecule has 1 aliphatic heterocycles. The molecule has 0 saturated carbocycles. The predicted octanol–water partition coefficient (Wildman–Crippen LogP) is 3.91. The molecule has 2 heterocycles. The van der Waals surface area contributed by atoms with Gasteiger partial charge in [-0.15, -0.1) is 0 Å². The Hall–Kier alpha value is -4.29. The number of carbonyl (C=O) groups is 1. The van der Waals surface area contributed by atoms with Crippen molar-refractivity contribution < 1.29 is 59.2 Å². The number of benzene rings is 2. The number of aliphatic carboxylic acids is 1. The molecule has 250 valence electrons. The minimum atomic E-state index is -4.97. The number of ether oxygens (including phenoxy) is 2. The average Bonchev–Trinajstić information content (AvgIpc) is 2.98. The van der Waals surface area contributed by atoms with E-state index in [0.29, 0.717) is 16.6 Å². The molecular weight excluding hydrogens is 650 g/mol. The molecule has 3 aromatic rings. The lowest BCUT2D eigenvalue weighted by molar-refractivity contribution is -0.139. The maximum absolute atomic E-state index is 14.4. The molecule has 1 fully saturated rings. The number of hydrogen-bond acceptors (Lipinski definition) is 9. The highest BCUT2D eigenvalue weighted by atomic mass is 32.2. The summed E-state index contributed by atoms with van der Waals surface area (Å²) in [5.74, 6) is -3.18. The molecule has 1 saturated heterocycles. The zero-order chi connectivity index (χ0) is 33.8. The first-order valence-electron chi connectivity index (χ1n) is 13.5. The number of aliphatic hydroxyl groups excluding tert-OH is 1. The van der Waals surface area contributed by atoms with Crippen molar-refractivity contribution in [1.82, 2.24) is 9.88 Å². The number of halogens is 6. The van der Waals surface area contributed by atoms with Gasteiger partial charge in [-0.05, 0) is 41.5 Å². The summed E-state index contributed by atoms with van der Waals surface area (Å²) in [4.78, 5) is 17.1. The first kappa shape index (κ1) is 34.6. The number of carboxylic acids is 1. The van der Waals surface area contributed by atoms with Gasteiger partial charge in [0.15, 0.2) is 4.90 Å². The average molecular weight is 679 g/mol. The lowest BCUT2D eigenvalue weighted by atomic mass is 10.0. The molecule has 0 amide bonds. The Balaban J connectivity index is 1.85. The van der Waals surface area contributed by atoms with Crippen LogP contribution in [0, 0.1) is 5.82 Å². The summed E-state index contributed by atoms with van der Waals surface area (Å²) in [6.45, 7) is -3.54. The lowest BCUT2D eigenvalue weighted by Crippen LogP contribution is -2.48. The van der Waals surface area contributed by atoms with Crippen molar-refractivity contribution in [3.05, 3.63) is 60.0 Å². The number of aliphatic hydroxyl groups is 1. The van der Waals surface area contributed by atoms with Crippen molar-refractivity contribution in [3.63, 3.8) is 0 Å². The highest BCUT2D eigenvalue weighted by molar-refractivity contribution is 7.93. The van der Waals surface area contributed by atoms with E-state index in [4.69, 9.17) is 14.9 Å². The number of nitrogens with zero attached hydrogens (tertiary/aromatic N) is 4. The van der Waals surface area contributed by atoms with E-state index in [-0.39, 0.29) is 55.2 Å². The highest BCUT2D eigenvalue weighted by Crippen LogP contribution is 2.40. The van der Waals surface area contributed by atoms with Gasteiger partial charge in [0.2, 0.25) is 5.88 Å². The third kappa shape index (κ3) is 8.10. The number of piperazine rings is 1. The summed E-state index contributed by atoms with van der Waals surface area (Å²) in [6, 6.07) is 7.39. The quantitative estimate of drug-likeness (QED) is 0.272. The van der Waals surface area contributed by atoms with Crippen molar-refractivity contribution >= 4 is 27.4 Å². The molecule has 0 aliphatic carbocycles. The summed E-state index contributed by atoms with van der Waals surface area (Å²) in [7, 11) is -3.84. The molecule has 4 rings (SSSR count). The van der Waals surface area contributed by atoms with Crippen LogP contribution in [0.2, 0.25) is 0 Å². The molecule has 0 radical (unpaired) electrons. The second kappa shape index (κ2) is 14.0. The Morgan fingerprint density at radius 2 is 1.76 bits per heavy atom. The molecule has 1 aromatic heterocycles. The zero-order valence-corrected chi connectivity index (χ0v) is 24.9. The molecule has 1 aliphatic rings. The number of pyridine rings is 1. The molecule has 46 heavy (non-hydrogen) atoms. The minimum Gasteiger partial charge on any atom is -0.480 e. The lowest BCUT2D eigenvalue weighted by Gasteiger charge is -2.37. The molecule has 11 nitrogen and oxygen atoms in total. The van der Waals surface area contributed by atoms with Gasteiger partial charge in [0.25, 0.3) is 10.0 Å². The second-order valence-corrected chi connectivity index (χ2v) is 11.9. The Morgan fingerprint density at radius 3 is 2.37 bits per heavy atom. The Labute approximate surface area is 259 Å². The van der Waals surface area contributed by atoms with Crippen LogP contribution in [-0.4, -0.2) is 94.1 Å². The Bertz CT molecular complexity index is 1670. The van der Waals surface area contributed by atoms with Gasteiger partial charge in [0, 0.05) is 45.5 Å². The summed E-state index contributed by atoms with van der Waals surface area (Å²) < 4.78 is 119. The van der Waals surface area contributed by atoms with Crippen molar-refractivity contribution in [2.45, 2.75) is 17.7 Å². The maximum atomic E-state index is 14.4. The van der Waals surface area contributed by atoms with Crippen LogP contribution in [0.4, 0.5) is 37.7 Å². The molecule has 2 N–H and O–H groups in total. The maximum Gasteiger partial charge on any atom is 0.417 e. The number of rotatable bonds is 12. The van der Waals surface area contributed by atoms with Crippen molar-refractivity contribution in [2.24, 2.45) is 0 Å². The number of hydrogen-bond donors (Lipinski definition) is 2. The summed E-state index contributed by atoms with van der Waals surface area (Å²) in [5, 5.41) is 18.3. The van der Waals surface area contributed by atoms with Crippen molar-refractivity contribution in [1.29, 1.82) is 0 Å². The molecule has 18 heteroatoms. The fourth-order valence-electron chi connectivity index (χ4n) is 4.76. The van der Waals surface area contributed by atoms with Gasteiger partial charge in [-0.1, -0.05) is 6.07 Å². The Kier molecular flexibility index (Phi) is 10.5. The molecule has 2 aromatic carbocycles. The summed E-state index contributed by atoms with van der Waals surface area (Å²) in [5.41, 5.74) is -1.06. The third-order valence-corrected chi connectivity index (χ3v) is 8.70. The van der Waals surface area contributed by atoms with Gasteiger partial charge in [-0.2, -0.15) is 22.0 Å². The molecule has 0 atom stereocenters. The van der Waals surface area contributed by atoms with Crippen molar-refractivity contribution in [3.8, 4) is 22.8 Å². The van der Waals surface area contributed by atoms with E-state index in [2.05, 4.69) is 9.72 Å². The fraction of sp³-hybridized carbons (Fsp3) is 0.357. The van der Waals surface area contributed by atoms with Crippen LogP contribution in [-0.2, 0) is 21.0 Å². The predicted molar refractivity (Wildman–Crippen MR) is 152 cm³/mol. The van der Waals surface area contributed by atoms with E-state index in [1.807, 2.05) is 0 Å². The van der Waals surface area contributed by atoms with E-state index in [9.17, 15) is 39.6 Å². The van der Waals surface area contributed by atoms with Gasteiger partial charge in [-0.3, -0.25) is 14.0 Å². The van der Waals surface area contributed by atoms with Crippen molar-refractivity contribution in [2.75, 3.05) is 62.2 Å². The fourth-order valence-corrected chi connectivity index (χ4v) is 6.07. The van der Waals surface area contributed by atoms with Crippen LogP contribution < -0.4 is 18.7 Å². The third-order valence-electron chi connectivity index (χ3n) is 6.93. The van der Waals surface area contributed by atoms with Crippen LogP contribution in [0.3, 0.4) is 0 Å². The van der Waals surface area contributed by atoms with E-state index in [0.717, 1.165) is 25.2 Å². The molecule has 0 unspecified atom stereocenters. The standard InChI is InChI=1S/C28H28F6N4O7S/c1-36(46(42,43)24-13-19(28(32,33)34)15-35-26(24)44-9-8-39)23-12-17(18-10-20(29)14-21(11-18)45-27(30)31)2-3-22(23)38-6-4-37(5-7-38)16-25(40)41/h2-3,10-15,27,39H,4-9,16H2,1H3,(H,40,41). The Morgan fingerprint density at radius 1 is 1.07 bits per heavy atom. The van der Waals surface area contributed by atoms with Gasteiger partial charge in [0.1, 0.15) is 18.2 Å². The normalized spacial score (nSPS) is 14.4. The summed E-state index contributed by atoms with van der Waals surface area (Å²) >= 11 is 0. The van der Waals surface area contributed by atoms with Gasteiger partial charge in [0.05, 0.1) is 30.1 Å². The van der Waals surface area contributed by atoms with E-state index < -0.39 is 69.9 Å². The first-order chi connectivity index (χ1) is 21.6. The van der Waals surface area contributed by atoms with Crippen LogP contribution in [0.1, 0.15) is 5.56 Å². The van der Waals surface area contributed by atoms with Crippen LogP contribution in [0.25, 0.3) is 11.1 Å². The number of aromatic nitrogens is 1. The molecular formula is C28H28F6N4O7S. The number of alkyl halides is 5. The van der Waals surface area contributed by atoms with E-state index in [1.54, 1.807) is 9.80 Å². The zero-order valence-electron chi connectivity index (χ0n) is 24.0.